The number of hydrogen-bond acceptors (Lipinski definition) is 5. The summed E-state index contributed by atoms with van der Waals surface area (Å²) in [6, 6.07) is 16.6. The number of carbonyl (C=O) groups excluding carboxylic acids is 3. The summed E-state index contributed by atoms with van der Waals surface area (Å²) in [4.78, 5) is 50.6. The average Bonchev–Trinajstić information content (AvgIpc) is 3.48. The molecule has 36 heavy (non-hydrogen) atoms. The Bertz CT molecular complexity index is 1560. The molecule has 0 saturated carbocycles. The highest BCUT2D eigenvalue weighted by atomic mass is 16.4. The van der Waals surface area contributed by atoms with Gasteiger partial charge in [-0.25, -0.2) is 14.5 Å². The van der Waals surface area contributed by atoms with Gasteiger partial charge in [-0.2, -0.15) is 0 Å². The standard InChI is InChI=1S/C27H21N3O6/c1-2-16-7-9-18(10-8-16)30-25(32)21(24(31)28-27(30)35)13-17-14-29(22-6-4-3-5-20(17)22)15-19-11-12-23(36-19)26(33)34/h3-14H,2,15H2,1H3,(H,33,34)(H,28,31,35)/b21-13+. The molecule has 4 amide bonds. The molecule has 2 aromatic carbocycles. The van der Waals surface area contributed by atoms with Crippen LogP contribution in [-0.4, -0.2) is 33.5 Å². The van der Waals surface area contributed by atoms with Gasteiger partial charge in [0.2, 0.25) is 5.76 Å². The van der Waals surface area contributed by atoms with Crippen LogP contribution in [0.25, 0.3) is 17.0 Å². The third-order valence-corrected chi connectivity index (χ3v) is 6.02. The van der Waals surface area contributed by atoms with Gasteiger partial charge in [0, 0.05) is 22.7 Å². The van der Waals surface area contributed by atoms with Gasteiger partial charge in [0.25, 0.3) is 11.8 Å². The summed E-state index contributed by atoms with van der Waals surface area (Å²) in [6.45, 7) is 2.24. The highest BCUT2D eigenvalue weighted by Crippen LogP contribution is 2.27. The first-order chi connectivity index (χ1) is 17.4. The first-order valence-corrected chi connectivity index (χ1v) is 11.3. The van der Waals surface area contributed by atoms with E-state index >= 15 is 0 Å². The average molecular weight is 483 g/mol. The topological polar surface area (TPSA) is 122 Å². The Kier molecular flexibility index (Phi) is 5.73. The molecule has 9 heteroatoms. The Labute approximate surface area is 205 Å². The third-order valence-electron chi connectivity index (χ3n) is 6.02. The zero-order chi connectivity index (χ0) is 25.4. The zero-order valence-electron chi connectivity index (χ0n) is 19.2. The summed E-state index contributed by atoms with van der Waals surface area (Å²) in [7, 11) is 0. The van der Waals surface area contributed by atoms with Gasteiger partial charge >= 0.3 is 12.0 Å². The summed E-state index contributed by atoms with van der Waals surface area (Å²) >= 11 is 0. The lowest BCUT2D eigenvalue weighted by Gasteiger charge is -2.26. The maximum atomic E-state index is 13.3. The number of nitrogens with zero attached hydrogens (tertiary/aromatic N) is 2. The van der Waals surface area contributed by atoms with Gasteiger partial charge in [0.15, 0.2) is 0 Å². The largest absolute Gasteiger partial charge is 0.475 e. The van der Waals surface area contributed by atoms with Crippen LogP contribution in [0.1, 0.15) is 34.4 Å². The molecule has 1 aliphatic rings. The number of carboxylic acids is 1. The van der Waals surface area contributed by atoms with Gasteiger partial charge < -0.3 is 14.1 Å². The molecule has 0 spiro atoms. The van der Waals surface area contributed by atoms with E-state index in [0.29, 0.717) is 17.0 Å². The van der Waals surface area contributed by atoms with Crippen molar-refractivity contribution >= 4 is 46.5 Å². The second kappa shape index (κ2) is 9.03. The number of fused-ring (bicyclic) bond motifs is 1. The number of para-hydroxylation sites is 1. The molecular formula is C27H21N3O6. The molecule has 2 aromatic heterocycles. The summed E-state index contributed by atoms with van der Waals surface area (Å²) in [6.07, 6.45) is 4.02. The summed E-state index contributed by atoms with van der Waals surface area (Å²) in [5.74, 6) is -2.38. The van der Waals surface area contributed by atoms with Crippen molar-refractivity contribution in [2.24, 2.45) is 0 Å². The number of aryl methyl sites for hydroxylation is 1. The molecule has 0 radical (unpaired) electrons. The molecule has 180 valence electrons. The van der Waals surface area contributed by atoms with Crippen LogP contribution in [0.4, 0.5) is 10.5 Å². The fourth-order valence-corrected chi connectivity index (χ4v) is 4.19. The number of rotatable bonds is 6. The van der Waals surface area contributed by atoms with Gasteiger partial charge in [0.05, 0.1) is 12.2 Å². The Morgan fingerprint density at radius 2 is 1.78 bits per heavy atom. The molecule has 3 heterocycles. The highest BCUT2D eigenvalue weighted by molar-refractivity contribution is 6.39. The van der Waals surface area contributed by atoms with Gasteiger partial charge in [-0.1, -0.05) is 37.3 Å². The number of aromatic nitrogens is 1. The summed E-state index contributed by atoms with van der Waals surface area (Å²) in [5, 5.41) is 12.1. The van der Waals surface area contributed by atoms with E-state index < -0.39 is 23.8 Å². The van der Waals surface area contributed by atoms with Crippen molar-refractivity contribution in [1.82, 2.24) is 9.88 Å². The van der Waals surface area contributed by atoms with Crippen molar-refractivity contribution in [2.45, 2.75) is 19.9 Å². The molecule has 0 unspecified atom stereocenters. The van der Waals surface area contributed by atoms with Gasteiger partial charge in [-0.05, 0) is 48.4 Å². The van der Waals surface area contributed by atoms with Crippen LogP contribution < -0.4 is 10.2 Å². The van der Waals surface area contributed by atoms with Gasteiger partial charge in [-0.15, -0.1) is 0 Å². The van der Waals surface area contributed by atoms with Crippen molar-refractivity contribution < 1.29 is 28.7 Å². The van der Waals surface area contributed by atoms with Crippen LogP contribution in [0.5, 0.6) is 0 Å². The molecule has 0 aliphatic carbocycles. The smallest absolute Gasteiger partial charge is 0.371 e. The van der Waals surface area contributed by atoms with Crippen LogP contribution >= 0.6 is 0 Å². The van der Waals surface area contributed by atoms with E-state index in [9.17, 15) is 19.2 Å². The number of furan rings is 1. The van der Waals surface area contributed by atoms with Gasteiger partial charge in [0.1, 0.15) is 11.3 Å². The van der Waals surface area contributed by atoms with Crippen molar-refractivity contribution in [3.05, 3.63) is 95.1 Å². The minimum atomic E-state index is -1.16. The molecule has 4 aromatic rings. The maximum absolute atomic E-state index is 13.3. The molecule has 0 bridgehead atoms. The van der Waals surface area contributed by atoms with Crippen LogP contribution in [0.15, 0.2) is 76.9 Å². The Hall–Kier alpha value is -4.92. The fraction of sp³-hybridized carbons (Fsp3) is 0.111. The molecule has 1 aliphatic heterocycles. The van der Waals surface area contributed by atoms with Crippen LogP contribution in [0, 0.1) is 0 Å². The second-order valence-corrected chi connectivity index (χ2v) is 8.28. The summed E-state index contributed by atoms with van der Waals surface area (Å²) in [5.41, 5.74) is 2.62. The van der Waals surface area contributed by atoms with Crippen molar-refractivity contribution in [3.63, 3.8) is 0 Å². The normalized spacial score (nSPS) is 15.1. The van der Waals surface area contributed by atoms with E-state index in [1.54, 1.807) is 24.4 Å². The lowest BCUT2D eigenvalue weighted by molar-refractivity contribution is -0.122. The first-order valence-electron chi connectivity index (χ1n) is 11.3. The minimum absolute atomic E-state index is 0.162. The Morgan fingerprint density at radius 1 is 1.03 bits per heavy atom. The molecular weight excluding hydrogens is 462 g/mol. The van der Waals surface area contributed by atoms with E-state index in [-0.39, 0.29) is 17.9 Å². The first kappa shape index (κ1) is 22.9. The van der Waals surface area contributed by atoms with Crippen molar-refractivity contribution in [3.8, 4) is 0 Å². The highest BCUT2D eigenvalue weighted by Gasteiger charge is 2.37. The van der Waals surface area contributed by atoms with Crippen molar-refractivity contribution in [1.29, 1.82) is 0 Å². The van der Waals surface area contributed by atoms with E-state index in [1.165, 1.54) is 12.1 Å². The second-order valence-electron chi connectivity index (χ2n) is 8.28. The van der Waals surface area contributed by atoms with E-state index in [0.717, 1.165) is 27.8 Å². The number of amides is 4. The lowest BCUT2D eigenvalue weighted by atomic mass is 10.1. The number of aromatic carboxylic acids is 1. The predicted octanol–water partition coefficient (Wildman–Crippen LogP) is 4.21. The Balaban J connectivity index is 1.53. The number of benzene rings is 2. The number of urea groups is 1. The fourth-order valence-electron chi connectivity index (χ4n) is 4.19. The number of anilines is 1. The molecule has 1 saturated heterocycles. The number of carboxylic acid groups (broad SMARTS) is 1. The molecule has 1 fully saturated rings. The van der Waals surface area contributed by atoms with Gasteiger partial charge in [-0.3, -0.25) is 14.9 Å². The molecule has 2 N–H and O–H groups in total. The van der Waals surface area contributed by atoms with Crippen LogP contribution in [0.2, 0.25) is 0 Å². The lowest BCUT2D eigenvalue weighted by Crippen LogP contribution is -2.54. The van der Waals surface area contributed by atoms with Crippen LogP contribution in [-0.2, 0) is 22.6 Å². The number of hydrogen-bond donors (Lipinski definition) is 2. The maximum Gasteiger partial charge on any atom is 0.371 e. The van der Waals surface area contributed by atoms with E-state index in [4.69, 9.17) is 9.52 Å². The zero-order valence-corrected chi connectivity index (χ0v) is 19.2. The number of carbonyl (C=O) groups is 4. The minimum Gasteiger partial charge on any atom is -0.475 e. The number of barbiturate groups is 1. The third kappa shape index (κ3) is 4.07. The van der Waals surface area contributed by atoms with E-state index in [2.05, 4.69) is 5.32 Å². The molecule has 0 atom stereocenters. The predicted molar refractivity (Wildman–Crippen MR) is 132 cm³/mol. The molecule has 9 nitrogen and oxygen atoms in total. The number of imide groups is 2. The molecule has 5 rings (SSSR count). The summed E-state index contributed by atoms with van der Waals surface area (Å²) < 4.78 is 7.22. The Morgan fingerprint density at radius 3 is 2.47 bits per heavy atom. The monoisotopic (exact) mass is 483 g/mol. The quantitative estimate of drug-likeness (QED) is 0.313. The number of nitrogens with one attached hydrogen (secondary N) is 1. The van der Waals surface area contributed by atoms with Crippen molar-refractivity contribution in [2.75, 3.05) is 4.90 Å². The van der Waals surface area contributed by atoms with E-state index in [1.807, 2.05) is 47.9 Å². The van der Waals surface area contributed by atoms with Crippen LogP contribution in [0.3, 0.4) is 0 Å². The SMILES string of the molecule is CCc1ccc(N2C(=O)NC(=O)/C(=C\c3cn(Cc4ccc(C(=O)O)o4)c4ccccc34)C2=O)cc1.